The molecule has 0 radical (unpaired) electrons. The molecule has 2 atom stereocenters. The van der Waals surface area contributed by atoms with E-state index >= 15 is 0 Å². The molecule has 3 fully saturated rings. The van der Waals surface area contributed by atoms with Crippen molar-refractivity contribution >= 4 is 11.8 Å². The van der Waals surface area contributed by atoms with Crippen LogP contribution in [0.5, 0.6) is 0 Å². The largest absolute Gasteiger partial charge is 0.312 e. The summed E-state index contributed by atoms with van der Waals surface area (Å²) in [7, 11) is 0. The van der Waals surface area contributed by atoms with E-state index in [4.69, 9.17) is 0 Å². The molecule has 16 heavy (non-hydrogen) atoms. The zero-order valence-electron chi connectivity index (χ0n) is 9.45. The Morgan fingerprint density at radius 1 is 1.06 bits per heavy atom. The Labute approximate surface area is 95.4 Å². The molecule has 1 heterocycles. The summed E-state index contributed by atoms with van der Waals surface area (Å²) in [4.78, 5) is 25.4. The fourth-order valence-corrected chi connectivity index (χ4v) is 2.95. The van der Waals surface area contributed by atoms with Gasteiger partial charge in [-0.15, -0.1) is 0 Å². The SMILES string of the molecule is O=C1C2CCCC2C(=O)N1CCNC1CC1. The van der Waals surface area contributed by atoms with Crippen molar-refractivity contribution in [1.29, 1.82) is 0 Å². The van der Waals surface area contributed by atoms with Crippen molar-refractivity contribution < 1.29 is 9.59 Å². The highest BCUT2D eigenvalue weighted by Gasteiger charge is 2.49. The molecular formula is C12H18N2O2. The topological polar surface area (TPSA) is 49.4 Å². The molecular weight excluding hydrogens is 204 g/mol. The monoisotopic (exact) mass is 222 g/mol. The maximum absolute atomic E-state index is 12.0. The number of likely N-dealkylation sites (tertiary alicyclic amines) is 1. The molecule has 0 aromatic carbocycles. The van der Waals surface area contributed by atoms with Gasteiger partial charge >= 0.3 is 0 Å². The van der Waals surface area contributed by atoms with Gasteiger partial charge in [0.05, 0.1) is 11.8 Å². The van der Waals surface area contributed by atoms with Crippen LogP contribution in [0.25, 0.3) is 0 Å². The molecule has 1 aliphatic heterocycles. The van der Waals surface area contributed by atoms with Gasteiger partial charge in [0.25, 0.3) is 0 Å². The summed E-state index contributed by atoms with van der Waals surface area (Å²) < 4.78 is 0. The van der Waals surface area contributed by atoms with Gasteiger partial charge in [-0.3, -0.25) is 14.5 Å². The number of amides is 2. The lowest BCUT2D eigenvalue weighted by atomic mass is 10.00. The van der Waals surface area contributed by atoms with Gasteiger partial charge in [0.15, 0.2) is 0 Å². The Kier molecular flexibility index (Phi) is 2.46. The van der Waals surface area contributed by atoms with Gasteiger partial charge in [0.1, 0.15) is 0 Å². The van der Waals surface area contributed by atoms with Crippen molar-refractivity contribution in [2.45, 2.75) is 38.1 Å². The van der Waals surface area contributed by atoms with Gasteiger partial charge in [0, 0.05) is 19.1 Å². The van der Waals surface area contributed by atoms with E-state index in [0.29, 0.717) is 12.6 Å². The van der Waals surface area contributed by atoms with Crippen LogP contribution >= 0.6 is 0 Å². The maximum atomic E-state index is 12.0. The summed E-state index contributed by atoms with van der Waals surface area (Å²) >= 11 is 0. The van der Waals surface area contributed by atoms with Crippen LogP contribution in [0.4, 0.5) is 0 Å². The Bertz CT molecular complexity index is 303. The van der Waals surface area contributed by atoms with E-state index in [2.05, 4.69) is 5.32 Å². The molecule has 0 aromatic heterocycles. The number of nitrogens with one attached hydrogen (secondary N) is 1. The van der Waals surface area contributed by atoms with E-state index in [1.165, 1.54) is 17.7 Å². The van der Waals surface area contributed by atoms with Gasteiger partial charge in [0.2, 0.25) is 11.8 Å². The van der Waals surface area contributed by atoms with Crippen LogP contribution in [0.2, 0.25) is 0 Å². The molecule has 0 aromatic rings. The lowest BCUT2D eigenvalue weighted by Crippen LogP contribution is -2.38. The Morgan fingerprint density at radius 3 is 2.25 bits per heavy atom. The zero-order valence-corrected chi connectivity index (χ0v) is 9.45. The van der Waals surface area contributed by atoms with Crippen LogP contribution in [-0.4, -0.2) is 35.8 Å². The minimum atomic E-state index is 0.0217. The standard InChI is InChI=1S/C12H18N2O2/c15-11-9-2-1-3-10(9)12(16)14(11)7-6-13-8-4-5-8/h8-10,13H,1-7H2. The average Bonchev–Trinajstić information content (AvgIpc) is 2.90. The third-order valence-corrected chi connectivity index (χ3v) is 4.03. The van der Waals surface area contributed by atoms with Crippen molar-refractivity contribution in [2.75, 3.05) is 13.1 Å². The smallest absolute Gasteiger partial charge is 0.233 e. The molecule has 2 saturated carbocycles. The average molecular weight is 222 g/mol. The van der Waals surface area contributed by atoms with Gasteiger partial charge in [-0.05, 0) is 25.7 Å². The lowest BCUT2D eigenvalue weighted by Gasteiger charge is -2.15. The summed E-state index contributed by atoms with van der Waals surface area (Å²) in [6.45, 7) is 1.34. The predicted octanol–water partition coefficient (Wildman–Crippen LogP) is 0.523. The molecule has 0 bridgehead atoms. The number of nitrogens with zero attached hydrogens (tertiary/aromatic N) is 1. The van der Waals surface area contributed by atoms with E-state index in [1.54, 1.807) is 0 Å². The molecule has 3 rings (SSSR count). The minimum absolute atomic E-state index is 0.0217. The second-order valence-corrected chi connectivity index (χ2v) is 5.20. The van der Waals surface area contributed by atoms with Crippen LogP contribution in [0.3, 0.4) is 0 Å². The van der Waals surface area contributed by atoms with Crippen molar-refractivity contribution in [3.8, 4) is 0 Å². The molecule has 3 aliphatic rings. The van der Waals surface area contributed by atoms with Crippen LogP contribution in [0.15, 0.2) is 0 Å². The quantitative estimate of drug-likeness (QED) is 0.706. The number of fused-ring (bicyclic) bond motifs is 1. The van der Waals surface area contributed by atoms with Crippen molar-refractivity contribution in [1.82, 2.24) is 10.2 Å². The summed E-state index contributed by atoms with van der Waals surface area (Å²) in [6, 6.07) is 0.646. The van der Waals surface area contributed by atoms with E-state index in [9.17, 15) is 9.59 Å². The number of carbonyl (C=O) groups excluding carboxylic acids is 2. The summed E-state index contributed by atoms with van der Waals surface area (Å²) in [5.41, 5.74) is 0. The van der Waals surface area contributed by atoms with E-state index in [1.807, 2.05) is 0 Å². The Morgan fingerprint density at radius 2 is 1.69 bits per heavy atom. The second-order valence-electron chi connectivity index (χ2n) is 5.20. The normalized spacial score (nSPS) is 33.6. The summed E-state index contributed by atoms with van der Waals surface area (Å²) in [6.07, 6.45) is 5.37. The third kappa shape index (κ3) is 1.65. The first-order valence-corrected chi connectivity index (χ1v) is 6.36. The molecule has 2 unspecified atom stereocenters. The molecule has 4 nitrogen and oxygen atoms in total. The minimum Gasteiger partial charge on any atom is -0.312 e. The molecule has 1 saturated heterocycles. The van der Waals surface area contributed by atoms with Gasteiger partial charge < -0.3 is 5.32 Å². The number of imide groups is 1. The third-order valence-electron chi connectivity index (χ3n) is 4.03. The number of hydrogen-bond acceptors (Lipinski definition) is 3. The molecule has 1 N–H and O–H groups in total. The maximum Gasteiger partial charge on any atom is 0.233 e. The van der Waals surface area contributed by atoms with Crippen LogP contribution in [0.1, 0.15) is 32.1 Å². The van der Waals surface area contributed by atoms with Crippen LogP contribution in [0, 0.1) is 11.8 Å². The Balaban J connectivity index is 1.57. The summed E-state index contributed by atoms with van der Waals surface area (Å²) in [5.74, 6) is 0.219. The van der Waals surface area contributed by atoms with Crippen LogP contribution < -0.4 is 5.32 Å². The summed E-state index contributed by atoms with van der Waals surface area (Å²) in [5, 5.41) is 3.34. The molecule has 4 heteroatoms. The highest BCUT2D eigenvalue weighted by atomic mass is 16.2. The molecule has 0 spiro atoms. The highest BCUT2D eigenvalue weighted by molar-refractivity contribution is 6.05. The highest BCUT2D eigenvalue weighted by Crippen LogP contribution is 2.39. The molecule has 2 aliphatic carbocycles. The van der Waals surface area contributed by atoms with Crippen LogP contribution in [-0.2, 0) is 9.59 Å². The Hall–Kier alpha value is -0.900. The van der Waals surface area contributed by atoms with Gasteiger partial charge in [-0.25, -0.2) is 0 Å². The first-order valence-electron chi connectivity index (χ1n) is 6.36. The van der Waals surface area contributed by atoms with E-state index < -0.39 is 0 Å². The number of carbonyl (C=O) groups is 2. The molecule has 2 amide bonds. The van der Waals surface area contributed by atoms with E-state index in [-0.39, 0.29) is 23.7 Å². The number of hydrogen-bond donors (Lipinski definition) is 1. The fraction of sp³-hybridized carbons (Fsp3) is 0.833. The lowest BCUT2D eigenvalue weighted by molar-refractivity contribution is -0.140. The van der Waals surface area contributed by atoms with Crippen molar-refractivity contribution in [3.63, 3.8) is 0 Å². The predicted molar refractivity (Wildman–Crippen MR) is 58.6 cm³/mol. The number of rotatable bonds is 4. The van der Waals surface area contributed by atoms with Gasteiger partial charge in [-0.1, -0.05) is 6.42 Å². The van der Waals surface area contributed by atoms with Crippen molar-refractivity contribution in [3.05, 3.63) is 0 Å². The fourth-order valence-electron chi connectivity index (χ4n) is 2.95. The zero-order chi connectivity index (χ0) is 11.1. The van der Waals surface area contributed by atoms with Crippen molar-refractivity contribution in [2.24, 2.45) is 11.8 Å². The van der Waals surface area contributed by atoms with E-state index in [0.717, 1.165) is 25.8 Å². The first-order chi connectivity index (χ1) is 7.77. The first kappa shape index (κ1) is 10.3. The second kappa shape index (κ2) is 3.84. The van der Waals surface area contributed by atoms with Gasteiger partial charge in [-0.2, -0.15) is 0 Å². The molecule has 88 valence electrons.